The van der Waals surface area contributed by atoms with Crippen LogP contribution in [0.15, 0.2) is 202 Å². The molecule has 0 saturated carbocycles. The first-order valence-corrected chi connectivity index (χ1v) is 23.7. The van der Waals surface area contributed by atoms with Gasteiger partial charge in [-0.25, -0.2) is 9.97 Å². The van der Waals surface area contributed by atoms with Crippen molar-refractivity contribution < 1.29 is 4.74 Å². The molecular weight excluding hydrogens is 817 g/mol. The highest BCUT2D eigenvalue weighted by molar-refractivity contribution is 8.05. The van der Waals surface area contributed by atoms with Crippen LogP contribution in [0.3, 0.4) is 0 Å². The summed E-state index contributed by atoms with van der Waals surface area (Å²) in [7, 11) is 0. The van der Waals surface area contributed by atoms with Gasteiger partial charge < -0.3 is 4.74 Å². The molecule has 5 heteroatoms. The normalized spacial score (nSPS) is 18.9. The van der Waals surface area contributed by atoms with Crippen molar-refractivity contribution in [1.82, 2.24) is 9.97 Å². The number of fused-ring (bicyclic) bond motifs is 12. The highest BCUT2D eigenvalue weighted by Gasteiger charge is 2.47. The minimum atomic E-state index is -0.334. The van der Waals surface area contributed by atoms with Gasteiger partial charge in [-0.05, 0) is 88.7 Å². The number of rotatable bonds is 4. The fourth-order valence-electron chi connectivity index (χ4n) is 11.3. The number of ether oxygens (including phenoxy) is 1. The molecule has 8 aromatic carbocycles. The number of nitrogens with zero attached hydrogens (tertiary/aromatic N) is 2. The number of para-hydroxylation sites is 1. The van der Waals surface area contributed by atoms with Gasteiger partial charge in [0.25, 0.3) is 0 Å². The molecule has 2 aliphatic carbocycles. The Morgan fingerprint density at radius 2 is 0.938 bits per heavy atom. The van der Waals surface area contributed by atoms with Crippen LogP contribution in [0.2, 0.25) is 0 Å². The van der Waals surface area contributed by atoms with E-state index in [4.69, 9.17) is 14.7 Å². The van der Waals surface area contributed by atoms with E-state index in [2.05, 4.69) is 198 Å². The van der Waals surface area contributed by atoms with E-state index in [1.165, 1.54) is 80.8 Å². The second kappa shape index (κ2) is 13.7. The highest BCUT2D eigenvalue weighted by atomic mass is 32.2. The summed E-state index contributed by atoms with van der Waals surface area (Å²) >= 11 is 3.71. The molecule has 4 aliphatic rings. The van der Waals surface area contributed by atoms with Crippen molar-refractivity contribution in [2.45, 2.75) is 63.5 Å². The van der Waals surface area contributed by atoms with Crippen molar-refractivity contribution >= 4 is 23.5 Å². The second-order valence-electron chi connectivity index (χ2n) is 18.3. The van der Waals surface area contributed by atoms with Gasteiger partial charge in [0.2, 0.25) is 0 Å². The highest BCUT2D eigenvalue weighted by Crippen LogP contribution is 2.63. The van der Waals surface area contributed by atoms with Crippen molar-refractivity contribution in [3.8, 4) is 56.4 Å². The Morgan fingerprint density at radius 3 is 1.66 bits per heavy atom. The Hall–Kier alpha value is -6.66. The maximum Gasteiger partial charge on any atom is 0.160 e. The number of hydrogen-bond donors (Lipinski definition) is 0. The molecule has 0 bridgehead atoms. The Bertz CT molecular complexity index is 3430. The fraction of sp³-hybridized carbons (Fsp3) is 0.119. The summed E-state index contributed by atoms with van der Waals surface area (Å²) in [6.07, 6.45) is 1.91. The molecule has 2 aliphatic heterocycles. The zero-order chi connectivity index (χ0) is 43.0. The van der Waals surface area contributed by atoms with E-state index >= 15 is 0 Å². The predicted octanol–water partition coefficient (Wildman–Crippen LogP) is 15.5. The van der Waals surface area contributed by atoms with Crippen LogP contribution < -0.4 is 4.74 Å². The Balaban J connectivity index is 0.924. The molecule has 0 saturated heterocycles. The fourth-order valence-corrected chi connectivity index (χ4v) is 13.9. The molecule has 0 radical (unpaired) electrons. The van der Waals surface area contributed by atoms with Crippen LogP contribution >= 0.6 is 23.5 Å². The lowest BCUT2D eigenvalue weighted by Gasteiger charge is -2.37. The van der Waals surface area contributed by atoms with Gasteiger partial charge in [0, 0.05) is 75.4 Å². The van der Waals surface area contributed by atoms with E-state index in [0.29, 0.717) is 5.82 Å². The summed E-state index contributed by atoms with van der Waals surface area (Å²) in [5.41, 5.74) is 17.1. The summed E-state index contributed by atoms with van der Waals surface area (Å²) in [5, 5.41) is 0. The maximum atomic E-state index is 7.35. The van der Waals surface area contributed by atoms with Gasteiger partial charge in [0.05, 0.1) is 5.69 Å². The average Bonchev–Trinajstić information content (AvgIpc) is 3.77. The standard InChI is InChI=1S/C59H42N2OS2/c1-57(2)45-27-15-23-39(52(45)62-53-46(57)30-29-43-50(53)37-21-11-13-25-41(37)58(43,3)35-17-7-5-8-18-35)47-33-34-60-56(61-47)40-24-16-28-48-54(40)64-55-49(63-48)32-31-44-51(55)38-22-12-14-26-42(38)59(44,4)36-19-9-6-10-20-36/h5-34H,1-4H3. The van der Waals surface area contributed by atoms with Gasteiger partial charge in [-0.15, -0.1) is 0 Å². The van der Waals surface area contributed by atoms with Gasteiger partial charge in [-0.3, -0.25) is 0 Å². The molecule has 0 spiro atoms. The topological polar surface area (TPSA) is 35.0 Å². The molecule has 13 rings (SSSR count). The van der Waals surface area contributed by atoms with Crippen LogP contribution in [0.5, 0.6) is 11.5 Å². The van der Waals surface area contributed by atoms with E-state index in [0.717, 1.165) is 33.9 Å². The molecule has 2 unspecified atom stereocenters. The van der Waals surface area contributed by atoms with Crippen molar-refractivity contribution in [3.63, 3.8) is 0 Å². The van der Waals surface area contributed by atoms with Crippen molar-refractivity contribution in [2.75, 3.05) is 0 Å². The van der Waals surface area contributed by atoms with Crippen LogP contribution in [0.1, 0.15) is 72.2 Å². The summed E-state index contributed by atoms with van der Waals surface area (Å²) in [6.45, 7) is 9.40. The zero-order valence-electron chi connectivity index (χ0n) is 35.9. The second-order valence-corrected chi connectivity index (χ2v) is 20.4. The monoisotopic (exact) mass is 858 g/mol. The first kappa shape index (κ1) is 37.9. The van der Waals surface area contributed by atoms with Crippen molar-refractivity contribution in [2.24, 2.45) is 0 Å². The Kier molecular flexibility index (Phi) is 8.09. The first-order chi connectivity index (χ1) is 31.3. The van der Waals surface area contributed by atoms with E-state index in [1.807, 2.05) is 35.8 Å². The third-order valence-electron chi connectivity index (χ3n) is 14.7. The molecule has 3 nitrogen and oxygen atoms in total. The van der Waals surface area contributed by atoms with E-state index in [1.54, 1.807) is 0 Å². The molecule has 9 aromatic rings. The summed E-state index contributed by atoms with van der Waals surface area (Å²) in [4.78, 5) is 15.4. The minimum absolute atomic E-state index is 0.262. The van der Waals surface area contributed by atoms with E-state index < -0.39 is 0 Å². The molecule has 64 heavy (non-hydrogen) atoms. The molecule has 0 N–H and O–H groups in total. The minimum Gasteiger partial charge on any atom is -0.455 e. The number of aromatic nitrogens is 2. The lowest BCUT2D eigenvalue weighted by Crippen LogP contribution is -2.26. The van der Waals surface area contributed by atoms with Gasteiger partial charge >= 0.3 is 0 Å². The SMILES string of the molecule is CC1(C)c2cccc(-c3ccnc(-c4cccc5c4Sc4c(ccc6c4-c4ccccc4C6(C)c4ccccc4)S5)n3)c2Oc2c1ccc1c2-c2ccccc2C1(C)c1ccccc1. The largest absolute Gasteiger partial charge is 0.455 e. The smallest absolute Gasteiger partial charge is 0.160 e. The third-order valence-corrected chi connectivity index (χ3v) is 17.3. The van der Waals surface area contributed by atoms with Gasteiger partial charge in [-0.2, -0.15) is 0 Å². The van der Waals surface area contributed by atoms with Crippen molar-refractivity contribution in [1.29, 1.82) is 0 Å². The molecule has 0 amide bonds. The van der Waals surface area contributed by atoms with E-state index in [9.17, 15) is 0 Å². The lowest BCUT2D eigenvalue weighted by molar-refractivity contribution is 0.420. The zero-order valence-corrected chi connectivity index (χ0v) is 37.6. The number of benzene rings is 8. The lowest BCUT2D eigenvalue weighted by atomic mass is 9.71. The molecule has 0 fully saturated rings. The van der Waals surface area contributed by atoms with Crippen LogP contribution in [0, 0.1) is 0 Å². The molecule has 2 atom stereocenters. The van der Waals surface area contributed by atoms with Gasteiger partial charge in [0.1, 0.15) is 11.5 Å². The average molecular weight is 859 g/mol. The molecule has 1 aromatic heterocycles. The Labute approximate surface area is 382 Å². The van der Waals surface area contributed by atoms with Gasteiger partial charge in [0.15, 0.2) is 5.82 Å². The quantitative estimate of drug-likeness (QED) is 0.176. The predicted molar refractivity (Wildman–Crippen MR) is 261 cm³/mol. The van der Waals surface area contributed by atoms with Crippen LogP contribution in [0.25, 0.3) is 44.9 Å². The summed E-state index contributed by atoms with van der Waals surface area (Å²) < 4.78 is 7.35. The van der Waals surface area contributed by atoms with Crippen LogP contribution in [-0.2, 0) is 16.2 Å². The molecule has 306 valence electrons. The Morgan fingerprint density at radius 1 is 0.406 bits per heavy atom. The molecule has 3 heterocycles. The first-order valence-electron chi connectivity index (χ1n) is 22.1. The van der Waals surface area contributed by atoms with E-state index in [-0.39, 0.29) is 16.2 Å². The van der Waals surface area contributed by atoms with Crippen LogP contribution in [-0.4, -0.2) is 9.97 Å². The summed E-state index contributed by atoms with van der Waals surface area (Å²) in [6, 6.07) is 64.2. The maximum absolute atomic E-state index is 7.35. The molecular formula is C59H42N2OS2. The van der Waals surface area contributed by atoms with Crippen molar-refractivity contribution in [3.05, 3.63) is 227 Å². The number of hydrogen-bond acceptors (Lipinski definition) is 5. The van der Waals surface area contributed by atoms with Crippen LogP contribution in [0.4, 0.5) is 0 Å². The summed E-state index contributed by atoms with van der Waals surface area (Å²) in [5.74, 6) is 2.49. The third kappa shape index (κ3) is 5.08. The van der Waals surface area contributed by atoms with Gasteiger partial charge in [-0.1, -0.05) is 183 Å².